The van der Waals surface area contributed by atoms with Crippen LogP contribution in [-0.2, 0) is 0 Å². The number of nitrogens with zero attached hydrogens (tertiary/aromatic N) is 2. The molecule has 0 N–H and O–H groups in total. The molecule has 134 valence electrons. The fourth-order valence-electron chi connectivity index (χ4n) is 2.73. The second kappa shape index (κ2) is 8.45. The highest BCUT2D eigenvalue weighted by molar-refractivity contribution is 6.78. The molecule has 0 rings (SSSR count). The molecule has 0 aromatic carbocycles. The number of hydrogen-bond acceptors (Lipinski definition) is 0. The van der Waals surface area contributed by atoms with Crippen LogP contribution in [-0.4, -0.2) is 80.5 Å². The van der Waals surface area contributed by atoms with Crippen molar-refractivity contribution >= 4 is 16.1 Å². The summed E-state index contributed by atoms with van der Waals surface area (Å²) in [7, 11) is 12.0. The third-order valence-corrected chi connectivity index (χ3v) is 11.4. The van der Waals surface area contributed by atoms with Gasteiger partial charge in [-0.25, -0.2) is 0 Å². The first kappa shape index (κ1) is 22.4. The van der Waals surface area contributed by atoms with Crippen molar-refractivity contribution in [3.63, 3.8) is 0 Å². The molecular weight excluding hydrogens is 300 g/mol. The fourth-order valence-corrected chi connectivity index (χ4v) is 8.20. The Labute approximate surface area is 144 Å². The highest BCUT2D eigenvalue weighted by Crippen LogP contribution is 2.24. The van der Waals surface area contributed by atoms with Crippen molar-refractivity contribution in [2.45, 2.75) is 63.2 Å². The fraction of sp³-hybridized carbons (Fsp3) is 1.00. The van der Waals surface area contributed by atoms with E-state index < -0.39 is 16.1 Å². The van der Waals surface area contributed by atoms with Gasteiger partial charge in [0.2, 0.25) is 0 Å². The Balaban J connectivity index is 3.99. The minimum Gasteiger partial charge on any atom is -0.331 e. The van der Waals surface area contributed by atoms with E-state index in [4.69, 9.17) is 0 Å². The van der Waals surface area contributed by atoms with E-state index in [1.165, 1.54) is 50.1 Å². The topological polar surface area (TPSA) is 0 Å². The summed E-state index contributed by atoms with van der Waals surface area (Å²) >= 11 is 0. The first-order valence-corrected chi connectivity index (χ1v) is 16.1. The van der Waals surface area contributed by atoms with Gasteiger partial charge in [0.15, 0.2) is 0 Å². The summed E-state index contributed by atoms with van der Waals surface area (Å²) in [6, 6.07) is 6.04. The van der Waals surface area contributed by atoms with Crippen LogP contribution >= 0.6 is 0 Å². The van der Waals surface area contributed by atoms with Crippen LogP contribution < -0.4 is 0 Å². The van der Waals surface area contributed by atoms with Gasteiger partial charge in [-0.15, -0.1) is 0 Å². The van der Waals surface area contributed by atoms with Gasteiger partial charge < -0.3 is 8.97 Å². The Kier molecular flexibility index (Phi) is 8.59. The Hall–Kier alpha value is 0.354. The summed E-state index contributed by atoms with van der Waals surface area (Å²) in [6.45, 7) is 13.1. The second-order valence-corrected chi connectivity index (χ2v) is 21.7. The van der Waals surface area contributed by atoms with Crippen molar-refractivity contribution in [3.05, 3.63) is 0 Å². The van der Waals surface area contributed by atoms with E-state index in [1.54, 1.807) is 0 Å². The molecule has 0 fully saturated rings. The molecule has 22 heavy (non-hydrogen) atoms. The van der Waals surface area contributed by atoms with Crippen molar-refractivity contribution in [2.24, 2.45) is 0 Å². The number of rotatable bonds is 11. The van der Waals surface area contributed by atoms with Crippen LogP contribution in [0.15, 0.2) is 0 Å². The lowest BCUT2D eigenvalue weighted by Crippen LogP contribution is -2.40. The lowest BCUT2D eigenvalue weighted by Gasteiger charge is -2.31. The molecule has 4 heteroatoms. The van der Waals surface area contributed by atoms with E-state index in [0.717, 1.165) is 8.97 Å². The maximum atomic E-state index is 2.60. The molecule has 0 amide bonds. The maximum Gasteiger partial charge on any atom is 0.0756 e. The second-order valence-electron chi connectivity index (χ2n) is 11.1. The van der Waals surface area contributed by atoms with Crippen LogP contribution in [0.1, 0.15) is 12.8 Å². The lowest BCUT2D eigenvalue weighted by atomic mass is 10.4. The highest BCUT2D eigenvalue weighted by Gasteiger charge is 2.26. The van der Waals surface area contributed by atoms with Gasteiger partial charge in [0, 0.05) is 0 Å². The van der Waals surface area contributed by atoms with Gasteiger partial charge in [-0.05, 0) is 12.1 Å². The van der Waals surface area contributed by atoms with E-state index in [-0.39, 0.29) is 0 Å². The summed E-state index contributed by atoms with van der Waals surface area (Å²) in [5, 5.41) is 0. The van der Waals surface area contributed by atoms with Gasteiger partial charge in [-0.2, -0.15) is 0 Å². The van der Waals surface area contributed by atoms with Crippen LogP contribution in [0.5, 0.6) is 0 Å². The largest absolute Gasteiger partial charge is 0.331 e. The first-order valence-electron chi connectivity index (χ1n) is 9.23. The Bertz CT molecular complexity index is 280. The smallest absolute Gasteiger partial charge is 0.0756 e. The average molecular weight is 347 g/mol. The van der Waals surface area contributed by atoms with Gasteiger partial charge in [-0.3, -0.25) is 0 Å². The van der Waals surface area contributed by atoms with Gasteiger partial charge in [0.25, 0.3) is 0 Å². The summed E-state index contributed by atoms with van der Waals surface area (Å²) in [5.41, 5.74) is 0. The van der Waals surface area contributed by atoms with Gasteiger partial charge in [-0.1, -0.05) is 51.1 Å². The summed E-state index contributed by atoms with van der Waals surface area (Å²) < 4.78 is 2.25. The zero-order valence-corrected chi connectivity index (χ0v) is 19.6. The SMILES string of the molecule is C[N+](C)(C)CC[Si](C)(C)CCCC[Si](C)(C)CC[N+](C)(C)C. The zero-order valence-electron chi connectivity index (χ0n) is 17.6. The molecule has 0 bridgehead atoms. The minimum absolute atomic E-state index is 0.961. The number of quaternary nitrogens is 2. The van der Waals surface area contributed by atoms with Crippen LogP contribution in [0.2, 0.25) is 50.4 Å². The quantitative estimate of drug-likeness (QED) is 0.291. The molecule has 0 aliphatic heterocycles. The van der Waals surface area contributed by atoms with Crippen LogP contribution in [0.4, 0.5) is 0 Å². The van der Waals surface area contributed by atoms with Gasteiger partial charge >= 0.3 is 0 Å². The zero-order chi connectivity index (χ0) is 17.7. The average Bonchev–Trinajstić information content (AvgIpc) is 2.29. The van der Waals surface area contributed by atoms with Crippen LogP contribution in [0.3, 0.4) is 0 Å². The summed E-state index contributed by atoms with van der Waals surface area (Å²) in [6.07, 6.45) is 2.97. The van der Waals surface area contributed by atoms with Gasteiger partial charge in [0.1, 0.15) is 0 Å². The van der Waals surface area contributed by atoms with E-state index in [9.17, 15) is 0 Å². The number of hydrogen-bond donors (Lipinski definition) is 0. The normalized spacial score (nSPS) is 14.5. The molecule has 0 spiro atoms. The Morgan fingerprint density at radius 2 is 0.773 bits per heavy atom. The molecule has 0 saturated heterocycles. The minimum atomic E-state index is -0.961. The Morgan fingerprint density at radius 3 is 1.00 bits per heavy atom. The highest BCUT2D eigenvalue weighted by atomic mass is 28.3. The van der Waals surface area contributed by atoms with E-state index in [1.807, 2.05) is 0 Å². The lowest BCUT2D eigenvalue weighted by molar-refractivity contribution is -0.868. The standard InChI is InChI=1S/C18H46N2Si2/c1-19(2,3)13-17-21(7,8)15-11-12-16-22(9,10)18-14-20(4,5)6/h11-18H2,1-10H3/q+2. The van der Waals surface area contributed by atoms with E-state index in [2.05, 4.69) is 68.5 Å². The molecule has 0 aromatic rings. The molecule has 0 atom stereocenters. The molecule has 2 nitrogen and oxygen atoms in total. The number of unbranched alkanes of at least 4 members (excludes halogenated alkanes) is 1. The monoisotopic (exact) mass is 346 g/mol. The predicted molar refractivity (Wildman–Crippen MR) is 109 cm³/mol. The molecule has 0 aliphatic carbocycles. The summed E-state index contributed by atoms with van der Waals surface area (Å²) in [4.78, 5) is 0. The van der Waals surface area contributed by atoms with Crippen LogP contribution in [0.25, 0.3) is 0 Å². The molecule has 0 aromatic heterocycles. The van der Waals surface area contributed by atoms with Crippen LogP contribution in [0, 0.1) is 0 Å². The van der Waals surface area contributed by atoms with Crippen molar-refractivity contribution < 1.29 is 8.97 Å². The third-order valence-electron chi connectivity index (χ3n) is 4.88. The molecular formula is C18H46N2Si2+2. The predicted octanol–water partition coefficient (Wildman–Crippen LogP) is 4.60. The van der Waals surface area contributed by atoms with Crippen molar-refractivity contribution in [3.8, 4) is 0 Å². The molecule has 0 saturated carbocycles. The molecule has 0 radical (unpaired) electrons. The third kappa shape index (κ3) is 14.0. The maximum absolute atomic E-state index is 2.60. The van der Waals surface area contributed by atoms with E-state index in [0.29, 0.717) is 0 Å². The van der Waals surface area contributed by atoms with Gasteiger partial charge in [0.05, 0.1) is 71.5 Å². The first-order chi connectivity index (χ1) is 9.62. The molecule has 0 unspecified atom stereocenters. The van der Waals surface area contributed by atoms with E-state index >= 15 is 0 Å². The summed E-state index contributed by atoms with van der Waals surface area (Å²) in [5.74, 6) is 0. The Morgan fingerprint density at radius 1 is 0.500 bits per heavy atom. The van der Waals surface area contributed by atoms with Crippen molar-refractivity contribution in [1.82, 2.24) is 0 Å². The van der Waals surface area contributed by atoms with Crippen molar-refractivity contribution in [2.75, 3.05) is 55.4 Å². The molecule has 0 aliphatic rings. The molecule has 0 heterocycles. The van der Waals surface area contributed by atoms with Crippen molar-refractivity contribution in [1.29, 1.82) is 0 Å².